The van der Waals surface area contributed by atoms with Crippen molar-refractivity contribution in [3.63, 3.8) is 0 Å². The molecule has 0 atom stereocenters. The molecule has 0 spiro atoms. The Labute approximate surface area is 326 Å². The molecule has 0 heterocycles. The second-order valence-corrected chi connectivity index (χ2v) is 18.0. The van der Waals surface area contributed by atoms with E-state index in [1.54, 1.807) is 0 Å². The first-order valence-electron chi connectivity index (χ1n) is 25.5. The van der Waals surface area contributed by atoms with Gasteiger partial charge in [0.05, 0.1) is 0 Å². The zero-order valence-electron chi connectivity index (χ0n) is 36.1. The molecular formula is C51H102. The van der Waals surface area contributed by atoms with Crippen LogP contribution in [0.3, 0.4) is 0 Å². The van der Waals surface area contributed by atoms with Crippen LogP contribution in [-0.4, -0.2) is 0 Å². The van der Waals surface area contributed by atoms with Crippen LogP contribution < -0.4 is 0 Å². The maximum atomic E-state index is 1.50. The van der Waals surface area contributed by atoms with Crippen LogP contribution in [0.15, 0.2) is 0 Å². The predicted molar refractivity (Wildman–Crippen MR) is 235 cm³/mol. The summed E-state index contributed by atoms with van der Waals surface area (Å²) in [5.41, 5.74) is 0. The largest absolute Gasteiger partial charge is 0.0533 e. The zero-order valence-corrected chi connectivity index (χ0v) is 36.1. The Morgan fingerprint density at radius 1 is 0.0392 bits per heavy atom. The second-order valence-electron chi connectivity index (χ2n) is 18.0. The lowest BCUT2D eigenvalue weighted by Gasteiger charge is -1.05. The molecule has 0 saturated heterocycles. The van der Waals surface area contributed by atoms with E-state index in [-0.39, 0.29) is 0 Å². The van der Waals surface area contributed by atoms with Crippen molar-refractivity contribution in [3.05, 3.63) is 0 Å². The molecule has 17 saturated carbocycles. The van der Waals surface area contributed by atoms with Gasteiger partial charge < -0.3 is 0 Å². The monoisotopic (exact) mass is 715 g/mol. The highest BCUT2D eigenvalue weighted by atomic mass is 14.1. The van der Waals surface area contributed by atoms with Gasteiger partial charge in [-0.1, -0.05) is 327 Å². The van der Waals surface area contributed by atoms with E-state index in [1.165, 1.54) is 327 Å². The Hall–Kier alpha value is 0. The Kier molecular flexibility index (Phi) is 44.4. The lowest BCUT2D eigenvalue weighted by Crippen LogP contribution is -0.856. The summed E-state index contributed by atoms with van der Waals surface area (Å²) in [5, 5.41) is 0. The molecule has 0 amide bonds. The number of hydrogen-bond donors (Lipinski definition) is 0. The minimum absolute atomic E-state index is 1.50. The van der Waals surface area contributed by atoms with E-state index in [0.717, 1.165) is 0 Å². The normalized spacial score (nSPS) is 24.0. The van der Waals surface area contributed by atoms with E-state index in [2.05, 4.69) is 0 Å². The van der Waals surface area contributed by atoms with Gasteiger partial charge in [0.2, 0.25) is 0 Å². The summed E-state index contributed by atoms with van der Waals surface area (Å²) in [6.07, 6.45) is 76.5. The minimum atomic E-state index is 1.50. The average molecular weight is 715 g/mol. The molecule has 0 heteroatoms. The molecule has 0 unspecified atom stereocenters. The van der Waals surface area contributed by atoms with E-state index in [9.17, 15) is 0 Å². The minimum Gasteiger partial charge on any atom is -0.0533 e. The summed E-state index contributed by atoms with van der Waals surface area (Å²) in [4.78, 5) is 0. The predicted octanol–water partition coefficient (Wildman–Crippen LogP) is 19.9. The summed E-state index contributed by atoms with van der Waals surface area (Å²) in [6.45, 7) is 0. The van der Waals surface area contributed by atoms with E-state index in [0.29, 0.717) is 0 Å². The highest BCUT2D eigenvalue weighted by molar-refractivity contribution is 4.55. The fraction of sp³-hybridized carbons (Fsp3) is 1.00. The summed E-state index contributed by atoms with van der Waals surface area (Å²) in [6, 6.07) is 0. The van der Waals surface area contributed by atoms with Crippen LogP contribution in [0.1, 0.15) is 327 Å². The zero-order chi connectivity index (χ0) is 36.1. The molecule has 17 fully saturated rings. The van der Waals surface area contributed by atoms with Gasteiger partial charge in [-0.25, -0.2) is 0 Å². The highest BCUT2D eigenvalue weighted by Gasteiger charge is 1.99. The maximum absolute atomic E-state index is 1.50. The topological polar surface area (TPSA) is 0 Å². The van der Waals surface area contributed by atoms with Crippen LogP contribution in [0.2, 0.25) is 0 Å². The van der Waals surface area contributed by atoms with Gasteiger partial charge in [0, 0.05) is 0 Å². The van der Waals surface area contributed by atoms with Crippen LogP contribution in [0.25, 0.3) is 0 Å². The van der Waals surface area contributed by atoms with Gasteiger partial charge in [-0.2, -0.15) is 0 Å². The smallest absolute Gasteiger partial charge is 0.0533 e. The van der Waals surface area contributed by atoms with Crippen molar-refractivity contribution in [1.29, 1.82) is 0 Å². The first-order chi connectivity index (χ1) is 25.5. The fourth-order valence-electron chi connectivity index (χ4n) is 0. The van der Waals surface area contributed by atoms with Gasteiger partial charge >= 0.3 is 0 Å². The van der Waals surface area contributed by atoms with Gasteiger partial charge in [0.25, 0.3) is 0 Å². The van der Waals surface area contributed by atoms with E-state index < -0.39 is 0 Å². The number of hydrogen-bond acceptors (Lipinski definition) is 0. The first-order valence-corrected chi connectivity index (χ1v) is 25.5. The first kappa shape index (κ1) is 49.0. The molecule has 0 aliphatic heterocycles. The number of rotatable bonds is 0. The summed E-state index contributed by atoms with van der Waals surface area (Å²) >= 11 is 0. The SMILES string of the molecule is C1CC1.C1CC1.C1CC1.C1CC1.C1CC1.C1CC1.C1CC1.C1CC1.C1CC1.C1CC1.C1CC1.C1CC1.C1CC1.C1CC1.C1CC1.C1CC1.C1CC1. The molecule has 0 N–H and O–H groups in total. The Morgan fingerprint density at radius 3 is 0.0588 bits per heavy atom. The Bertz CT molecular complexity index is 289. The van der Waals surface area contributed by atoms with Gasteiger partial charge in [-0.05, 0) is 0 Å². The molecule has 0 nitrogen and oxygen atoms in total. The second kappa shape index (κ2) is 46.2. The van der Waals surface area contributed by atoms with Crippen LogP contribution in [0.5, 0.6) is 0 Å². The molecule has 17 aliphatic carbocycles. The lowest BCUT2D eigenvalue weighted by molar-refractivity contribution is 1.50. The van der Waals surface area contributed by atoms with Crippen molar-refractivity contribution in [3.8, 4) is 0 Å². The molecule has 17 aliphatic rings. The lowest BCUT2D eigenvalue weighted by atomic mass is 11.0. The van der Waals surface area contributed by atoms with Gasteiger partial charge in [0.1, 0.15) is 0 Å². The van der Waals surface area contributed by atoms with Crippen molar-refractivity contribution >= 4 is 0 Å². The molecule has 17 rings (SSSR count). The quantitative estimate of drug-likeness (QED) is 0.234. The third-order valence-corrected chi connectivity index (χ3v) is 6.01. The molecule has 51 heavy (non-hydrogen) atoms. The van der Waals surface area contributed by atoms with Gasteiger partial charge in [-0.15, -0.1) is 0 Å². The molecule has 0 aromatic rings. The Morgan fingerprint density at radius 2 is 0.0588 bits per heavy atom. The van der Waals surface area contributed by atoms with E-state index >= 15 is 0 Å². The fourth-order valence-corrected chi connectivity index (χ4v) is 0. The van der Waals surface area contributed by atoms with Crippen LogP contribution in [-0.2, 0) is 0 Å². The summed E-state index contributed by atoms with van der Waals surface area (Å²) in [5.74, 6) is 0. The standard InChI is InChI=1S/17C3H6/c17*1-2-3-1/h17*1-3H2. The third-order valence-electron chi connectivity index (χ3n) is 6.01. The molecule has 0 aromatic heterocycles. The molecular weight excluding hydrogens is 613 g/mol. The van der Waals surface area contributed by atoms with E-state index in [4.69, 9.17) is 0 Å². The molecule has 0 bridgehead atoms. The highest BCUT2D eigenvalue weighted by Crippen LogP contribution is 2.19. The van der Waals surface area contributed by atoms with Crippen molar-refractivity contribution < 1.29 is 0 Å². The summed E-state index contributed by atoms with van der Waals surface area (Å²) in [7, 11) is 0. The molecule has 0 radical (unpaired) electrons. The average Bonchev–Trinajstić information content (AvgIpc) is 4.09. The molecule has 306 valence electrons. The van der Waals surface area contributed by atoms with E-state index in [1.807, 2.05) is 0 Å². The third kappa shape index (κ3) is 399. The summed E-state index contributed by atoms with van der Waals surface area (Å²) < 4.78 is 0. The van der Waals surface area contributed by atoms with Crippen LogP contribution in [0, 0.1) is 0 Å². The van der Waals surface area contributed by atoms with Crippen LogP contribution >= 0.6 is 0 Å². The van der Waals surface area contributed by atoms with Crippen molar-refractivity contribution in [2.75, 3.05) is 0 Å². The molecule has 0 aromatic carbocycles. The van der Waals surface area contributed by atoms with Gasteiger partial charge in [0.15, 0.2) is 0 Å². The van der Waals surface area contributed by atoms with Crippen LogP contribution in [0.4, 0.5) is 0 Å². The maximum Gasteiger partial charge on any atom is -0.0533 e. The van der Waals surface area contributed by atoms with Crippen molar-refractivity contribution in [2.24, 2.45) is 0 Å². The van der Waals surface area contributed by atoms with Crippen molar-refractivity contribution in [2.45, 2.75) is 327 Å². The van der Waals surface area contributed by atoms with Crippen molar-refractivity contribution in [1.82, 2.24) is 0 Å². The Balaban J connectivity index is 0.000000271. The van der Waals surface area contributed by atoms with Gasteiger partial charge in [-0.3, -0.25) is 0 Å².